The topological polar surface area (TPSA) is 47.0 Å². The van der Waals surface area contributed by atoms with E-state index in [-0.39, 0.29) is 35.1 Å². The van der Waals surface area contributed by atoms with Gasteiger partial charge in [-0.25, -0.2) is 4.39 Å². The van der Waals surface area contributed by atoms with Crippen LogP contribution in [0.4, 0.5) is 4.39 Å². The average Bonchev–Trinajstić information content (AvgIpc) is 2.83. The number of hydrogen-bond donors (Lipinski definition) is 0. The molecule has 2 unspecified atom stereocenters. The van der Waals surface area contributed by atoms with Crippen LogP contribution in [0.25, 0.3) is 11.3 Å². The number of terminal acetylenes is 1. The molecule has 0 saturated heterocycles. The summed E-state index contributed by atoms with van der Waals surface area (Å²) in [5.41, 5.74) is 2.01. The highest BCUT2D eigenvalue weighted by molar-refractivity contribution is 6.30. The van der Waals surface area contributed by atoms with E-state index in [2.05, 4.69) is 10.9 Å². The van der Waals surface area contributed by atoms with Crippen molar-refractivity contribution in [3.63, 3.8) is 0 Å². The Morgan fingerprint density at radius 3 is 2.80 bits per heavy atom. The fourth-order valence-corrected chi connectivity index (χ4v) is 3.37. The van der Waals surface area contributed by atoms with Crippen LogP contribution in [0, 0.1) is 31.0 Å². The van der Waals surface area contributed by atoms with Crippen LogP contribution in [0.3, 0.4) is 0 Å². The van der Waals surface area contributed by atoms with Gasteiger partial charge in [0.05, 0.1) is 5.02 Å². The summed E-state index contributed by atoms with van der Waals surface area (Å²) in [5.74, 6) is 0.317. The molecule has 126 valence electrons. The van der Waals surface area contributed by atoms with Gasteiger partial charge in [-0.3, -0.25) is 14.6 Å². The Hall–Kier alpha value is -2.51. The Labute approximate surface area is 150 Å². The van der Waals surface area contributed by atoms with Gasteiger partial charge in [0, 0.05) is 30.5 Å². The van der Waals surface area contributed by atoms with Crippen molar-refractivity contribution in [1.29, 1.82) is 0 Å². The number of benzene rings is 1. The molecule has 1 aliphatic rings. The van der Waals surface area contributed by atoms with Gasteiger partial charge in [0.15, 0.2) is 11.6 Å². The van der Waals surface area contributed by atoms with Crippen LogP contribution >= 0.6 is 11.6 Å². The highest BCUT2D eigenvalue weighted by atomic mass is 35.5. The van der Waals surface area contributed by atoms with Crippen LogP contribution in [0.2, 0.25) is 5.02 Å². The molecule has 0 radical (unpaired) electrons. The van der Waals surface area contributed by atoms with Crippen LogP contribution in [0.5, 0.6) is 0 Å². The lowest BCUT2D eigenvalue weighted by molar-refractivity contribution is -0.124. The van der Waals surface area contributed by atoms with Gasteiger partial charge in [0.25, 0.3) is 0 Å². The molecule has 1 fully saturated rings. The van der Waals surface area contributed by atoms with Crippen molar-refractivity contribution < 1.29 is 14.0 Å². The van der Waals surface area contributed by atoms with Gasteiger partial charge in [-0.1, -0.05) is 23.7 Å². The molecule has 0 N–H and O–H groups in total. The summed E-state index contributed by atoms with van der Waals surface area (Å²) in [4.78, 5) is 29.0. The predicted octanol–water partition coefficient (Wildman–Crippen LogP) is 4.11. The minimum atomic E-state index is -0.839. The Bertz CT molecular complexity index is 916. The Morgan fingerprint density at radius 1 is 1.36 bits per heavy atom. The standard InChI is InChI=1S/C20H15ClFNO2/c1-3-4-13-8-17(24)18(20(13)25)15-7-12(6-5-11(15)2)19-16(22)9-14(21)10-23-19/h1,5-7,9-10,13,18H,4,8H2,2H3. The van der Waals surface area contributed by atoms with Crippen LogP contribution < -0.4 is 0 Å². The zero-order valence-corrected chi connectivity index (χ0v) is 14.3. The van der Waals surface area contributed by atoms with Crippen molar-refractivity contribution in [2.24, 2.45) is 5.92 Å². The number of ketones is 2. The SMILES string of the molecule is C#CCC1CC(=O)C(c2cc(-c3ncc(Cl)cc3F)ccc2C)C1=O. The molecule has 2 atom stereocenters. The van der Waals surface area contributed by atoms with Crippen LogP contribution in [-0.2, 0) is 9.59 Å². The van der Waals surface area contributed by atoms with E-state index in [1.807, 2.05) is 6.92 Å². The second-order valence-electron chi connectivity index (χ2n) is 6.17. The maximum Gasteiger partial charge on any atom is 0.152 e. The molecular weight excluding hydrogens is 341 g/mol. The number of rotatable bonds is 3. The van der Waals surface area contributed by atoms with E-state index in [9.17, 15) is 14.0 Å². The minimum Gasteiger partial charge on any atom is -0.298 e. The molecule has 2 aromatic rings. The molecule has 1 aromatic heterocycles. The molecule has 0 aliphatic heterocycles. The molecule has 3 rings (SSSR count). The van der Waals surface area contributed by atoms with Gasteiger partial charge in [0.1, 0.15) is 17.4 Å². The number of nitrogens with zero attached hydrogens (tertiary/aromatic N) is 1. The zero-order chi connectivity index (χ0) is 18.1. The van der Waals surface area contributed by atoms with Crippen molar-refractivity contribution in [2.75, 3.05) is 0 Å². The molecule has 1 saturated carbocycles. The van der Waals surface area contributed by atoms with Gasteiger partial charge in [-0.15, -0.1) is 12.3 Å². The van der Waals surface area contributed by atoms with Crippen molar-refractivity contribution >= 4 is 23.2 Å². The predicted molar refractivity (Wildman–Crippen MR) is 93.7 cm³/mol. The molecule has 1 heterocycles. The van der Waals surface area contributed by atoms with Gasteiger partial charge < -0.3 is 0 Å². The van der Waals surface area contributed by atoms with Crippen LogP contribution in [-0.4, -0.2) is 16.6 Å². The molecule has 3 nitrogen and oxygen atoms in total. The van der Waals surface area contributed by atoms with Crippen molar-refractivity contribution in [3.8, 4) is 23.6 Å². The average molecular weight is 356 g/mol. The van der Waals surface area contributed by atoms with Crippen LogP contribution in [0.15, 0.2) is 30.5 Å². The Balaban J connectivity index is 2.05. The number of halogens is 2. The summed E-state index contributed by atoms with van der Waals surface area (Å²) in [6.45, 7) is 1.82. The van der Waals surface area contributed by atoms with Crippen molar-refractivity contribution in [1.82, 2.24) is 4.98 Å². The Kier molecular flexibility index (Phi) is 4.69. The number of pyridine rings is 1. The summed E-state index contributed by atoms with van der Waals surface area (Å²) >= 11 is 5.74. The normalized spacial score (nSPS) is 19.9. The third-order valence-electron chi connectivity index (χ3n) is 4.49. The van der Waals surface area contributed by atoms with E-state index in [1.165, 1.54) is 12.3 Å². The monoisotopic (exact) mass is 355 g/mol. The largest absolute Gasteiger partial charge is 0.298 e. The van der Waals surface area contributed by atoms with E-state index in [4.69, 9.17) is 18.0 Å². The van der Waals surface area contributed by atoms with E-state index < -0.39 is 17.7 Å². The minimum absolute atomic E-state index is 0.128. The third-order valence-corrected chi connectivity index (χ3v) is 4.70. The van der Waals surface area contributed by atoms with Gasteiger partial charge in [-0.2, -0.15) is 0 Å². The first-order valence-corrected chi connectivity index (χ1v) is 8.22. The van der Waals surface area contributed by atoms with E-state index >= 15 is 0 Å². The van der Waals surface area contributed by atoms with Crippen LogP contribution in [0.1, 0.15) is 29.9 Å². The van der Waals surface area contributed by atoms with Gasteiger partial charge >= 0.3 is 0 Å². The molecule has 0 amide bonds. The summed E-state index contributed by atoms with van der Waals surface area (Å²) in [7, 11) is 0. The molecule has 1 aromatic carbocycles. The summed E-state index contributed by atoms with van der Waals surface area (Å²) < 4.78 is 14.2. The number of carbonyl (C=O) groups excluding carboxylic acids is 2. The number of carbonyl (C=O) groups is 2. The summed E-state index contributed by atoms with van der Waals surface area (Å²) in [5, 5.41) is 0.201. The van der Waals surface area contributed by atoms with E-state index in [0.717, 1.165) is 5.56 Å². The first-order valence-electron chi connectivity index (χ1n) is 7.84. The second-order valence-corrected chi connectivity index (χ2v) is 6.60. The quantitative estimate of drug-likeness (QED) is 0.614. The van der Waals surface area contributed by atoms with E-state index in [1.54, 1.807) is 18.2 Å². The fourth-order valence-electron chi connectivity index (χ4n) is 3.22. The lowest BCUT2D eigenvalue weighted by atomic mass is 9.88. The summed E-state index contributed by atoms with van der Waals surface area (Å²) in [6, 6.07) is 6.31. The highest BCUT2D eigenvalue weighted by Crippen LogP contribution is 2.37. The molecule has 0 spiro atoms. The number of Topliss-reactive ketones (excluding diaryl/α,β-unsaturated/α-hetero) is 2. The van der Waals surface area contributed by atoms with E-state index in [0.29, 0.717) is 11.1 Å². The van der Waals surface area contributed by atoms with Gasteiger partial charge in [-0.05, 0) is 30.2 Å². The smallest absolute Gasteiger partial charge is 0.152 e. The van der Waals surface area contributed by atoms with Crippen molar-refractivity contribution in [3.05, 3.63) is 52.4 Å². The summed E-state index contributed by atoms with van der Waals surface area (Å²) in [6.07, 6.45) is 7.06. The highest BCUT2D eigenvalue weighted by Gasteiger charge is 2.42. The zero-order valence-electron chi connectivity index (χ0n) is 13.6. The van der Waals surface area contributed by atoms with Gasteiger partial charge in [0.2, 0.25) is 0 Å². The maximum atomic E-state index is 14.2. The molecule has 25 heavy (non-hydrogen) atoms. The number of aryl methyl sites for hydroxylation is 1. The number of hydrogen-bond acceptors (Lipinski definition) is 3. The van der Waals surface area contributed by atoms with Crippen molar-refractivity contribution in [2.45, 2.75) is 25.7 Å². The lowest BCUT2D eigenvalue weighted by Crippen LogP contribution is -2.16. The first kappa shape index (κ1) is 17.3. The molecule has 5 heteroatoms. The maximum absolute atomic E-state index is 14.2. The number of aromatic nitrogens is 1. The fraction of sp³-hybridized carbons (Fsp3) is 0.250. The first-order chi connectivity index (χ1) is 11.9. The lowest BCUT2D eigenvalue weighted by Gasteiger charge is -2.14. The second kappa shape index (κ2) is 6.78. The molecule has 0 bridgehead atoms. The third kappa shape index (κ3) is 3.20. The molecular formula is C20H15ClFNO2. The Morgan fingerprint density at radius 2 is 2.12 bits per heavy atom. The molecule has 1 aliphatic carbocycles.